The topological polar surface area (TPSA) is 114 Å². The van der Waals surface area contributed by atoms with Gasteiger partial charge in [0.1, 0.15) is 18.3 Å². The molecule has 8 heteroatoms. The van der Waals surface area contributed by atoms with Crippen molar-refractivity contribution in [1.29, 1.82) is 0 Å². The van der Waals surface area contributed by atoms with E-state index in [1.54, 1.807) is 14.0 Å². The fourth-order valence-corrected chi connectivity index (χ4v) is 3.32. The van der Waals surface area contributed by atoms with E-state index in [2.05, 4.69) is 10.6 Å². The molecule has 0 aliphatic carbocycles. The van der Waals surface area contributed by atoms with Gasteiger partial charge in [-0.25, -0.2) is 0 Å². The number of ether oxygens (including phenoxy) is 1. The Balaban J connectivity index is 2.23. The van der Waals surface area contributed by atoms with Gasteiger partial charge in [0, 0.05) is 6.42 Å². The van der Waals surface area contributed by atoms with Gasteiger partial charge in [0.2, 0.25) is 17.7 Å². The summed E-state index contributed by atoms with van der Waals surface area (Å²) in [5.41, 5.74) is 5.06. The minimum absolute atomic E-state index is 0.265. The molecule has 0 saturated carbocycles. The van der Waals surface area contributed by atoms with Gasteiger partial charge >= 0.3 is 0 Å². The fourth-order valence-electron chi connectivity index (χ4n) is 3.32. The van der Waals surface area contributed by atoms with Crippen molar-refractivity contribution in [2.45, 2.75) is 58.0 Å². The second-order valence-corrected chi connectivity index (χ2v) is 6.93. The van der Waals surface area contributed by atoms with E-state index in [1.165, 1.54) is 4.90 Å². The van der Waals surface area contributed by atoms with Crippen molar-refractivity contribution in [3.8, 4) is 0 Å². The van der Waals surface area contributed by atoms with Crippen molar-refractivity contribution in [3.05, 3.63) is 0 Å². The highest BCUT2D eigenvalue weighted by molar-refractivity contribution is 5.93. The van der Waals surface area contributed by atoms with Gasteiger partial charge in [0.25, 0.3) is 0 Å². The summed E-state index contributed by atoms with van der Waals surface area (Å²) in [5.74, 6) is -1.12. The minimum atomic E-state index is -0.737. The maximum atomic E-state index is 12.9. The molecule has 4 N–H and O–H groups in total. The Labute approximate surface area is 136 Å². The second kappa shape index (κ2) is 6.45. The Morgan fingerprint density at radius 3 is 2.65 bits per heavy atom. The molecule has 2 fully saturated rings. The second-order valence-electron chi connectivity index (χ2n) is 6.93. The molecule has 2 heterocycles. The number of likely N-dealkylation sites (N-methyl/N-ethyl adjacent to an activating group) is 1. The number of nitrogens with zero attached hydrogens (tertiary/aromatic N) is 1. The third kappa shape index (κ3) is 3.32. The SMILES string of the molecule is CN[C@@H](C)C(=O)NC1CCOC2CC(C)(C)C(C(N)=O)N2C1=O. The summed E-state index contributed by atoms with van der Waals surface area (Å²) in [6, 6.07) is -1.86. The third-order valence-electron chi connectivity index (χ3n) is 4.71. The summed E-state index contributed by atoms with van der Waals surface area (Å²) in [5, 5.41) is 5.56. The summed E-state index contributed by atoms with van der Waals surface area (Å²) in [6.45, 7) is 5.84. The van der Waals surface area contributed by atoms with Crippen LogP contribution in [0.5, 0.6) is 0 Å². The molecule has 2 rings (SSSR count). The van der Waals surface area contributed by atoms with Crippen LogP contribution in [-0.4, -0.2) is 60.6 Å². The molecule has 2 saturated heterocycles. The molecular formula is C15H26N4O4. The van der Waals surface area contributed by atoms with Crippen LogP contribution in [0.3, 0.4) is 0 Å². The van der Waals surface area contributed by atoms with Gasteiger partial charge in [-0.15, -0.1) is 0 Å². The quantitative estimate of drug-likeness (QED) is 0.609. The van der Waals surface area contributed by atoms with Gasteiger partial charge in [-0.3, -0.25) is 14.4 Å². The van der Waals surface area contributed by atoms with Gasteiger partial charge in [0.15, 0.2) is 0 Å². The number of carbonyl (C=O) groups excluding carboxylic acids is 3. The van der Waals surface area contributed by atoms with E-state index in [0.717, 1.165) is 0 Å². The predicted octanol–water partition coefficient (Wildman–Crippen LogP) is -1.06. The number of hydrogen-bond acceptors (Lipinski definition) is 5. The fraction of sp³-hybridized carbons (Fsp3) is 0.800. The van der Waals surface area contributed by atoms with Crippen molar-refractivity contribution < 1.29 is 19.1 Å². The summed E-state index contributed by atoms with van der Waals surface area (Å²) >= 11 is 0. The van der Waals surface area contributed by atoms with Crippen LogP contribution in [0, 0.1) is 5.41 Å². The normalized spacial score (nSPS) is 31.2. The molecule has 0 bridgehead atoms. The van der Waals surface area contributed by atoms with Gasteiger partial charge in [0.05, 0.1) is 12.6 Å². The maximum absolute atomic E-state index is 12.9. The van der Waals surface area contributed by atoms with E-state index in [0.29, 0.717) is 19.4 Å². The van der Waals surface area contributed by atoms with Gasteiger partial charge in [-0.05, 0) is 25.8 Å². The number of primary amides is 1. The number of nitrogens with one attached hydrogen (secondary N) is 2. The highest BCUT2D eigenvalue weighted by Gasteiger charge is 2.54. The van der Waals surface area contributed by atoms with Crippen LogP contribution in [0.2, 0.25) is 0 Å². The van der Waals surface area contributed by atoms with Crippen molar-refractivity contribution in [2.75, 3.05) is 13.7 Å². The molecule has 0 aromatic carbocycles. The molecule has 0 spiro atoms. The van der Waals surface area contributed by atoms with Crippen LogP contribution < -0.4 is 16.4 Å². The standard InChI is InChI=1S/C15H26N4O4/c1-8(17-4)13(21)18-9-5-6-23-10-7-15(2,3)11(12(16)20)19(10)14(9)22/h8-11,17H,5-7H2,1-4H3,(H2,16,20)(H,18,21)/t8-,9?,10?,11?/m0/s1. The first-order valence-electron chi connectivity index (χ1n) is 7.89. The number of rotatable bonds is 4. The Morgan fingerprint density at radius 2 is 2.09 bits per heavy atom. The van der Waals surface area contributed by atoms with Crippen molar-refractivity contribution in [3.63, 3.8) is 0 Å². The van der Waals surface area contributed by atoms with Crippen molar-refractivity contribution in [1.82, 2.24) is 15.5 Å². The average molecular weight is 326 g/mol. The molecule has 3 amide bonds. The molecule has 0 aromatic rings. The zero-order chi connectivity index (χ0) is 17.4. The summed E-state index contributed by atoms with van der Waals surface area (Å²) in [4.78, 5) is 38.2. The largest absolute Gasteiger partial charge is 0.368 e. The molecule has 3 unspecified atom stereocenters. The maximum Gasteiger partial charge on any atom is 0.247 e. The number of hydrogen-bond donors (Lipinski definition) is 3. The molecule has 8 nitrogen and oxygen atoms in total. The minimum Gasteiger partial charge on any atom is -0.368 e. The Kier molecular flexibility index (Phi) is 4.95. The van der Waals surface area contributed by atoms with E-state index >= 15 is 0 Å². The van der Waals surface area contributed by atoms with E-state index < -0.39 is 35.7 Å². The number of carbonyl (C=O) groups is 3. The average Bonchev–Trinajstić information content (AvgIpc) is 2.66. The lowest BCUT2D eigenvalue weighted by Gasteiger charge is -2.32. The number of fused-ring (bicyclic) bond motifs is 1. The Bertz CT molecular complexity index is 508. The van der Waals surface area contributed by atoms with Crippen LogP contribution in [0.15, 0.2) is 0 Å². The predicted molar refractivity (Wildman–Crippen MR) is 83.0 cm³/mol. The highest BCUT2D eigenvalue weighted by Crippen LogP contribution is 2.42. The molecule has 2 aliphatic heterocycles. The Hall–Kier alpha value is -1.67. The van der Waals surface area contributed by atoms with Crippen LogP contribution >= 0.6 is 0 Å². The van der Waals surface area contributed by atoms with Gasteiger partial charge in [-0.2, -0.15) is 0 Å². The first-order valence-corrected chi connectivity index (χ1v) is 7.89. The van der Waals surface area contributed by atoms with Crippen LogP contribution in [0.1, 0.15) is 33.6 Å². The Morgan fingerprint density at radius 1 is 1.43 bits per heavy atom. The van der Waals surface area contributed by atoms with E-state index in [1.807, 2.05) is 13.8 Å². The van der Waals surface area contributed by atoms with Crippen molar-refractivity contribution >= 4 is 17.7 Å². The summed E-state index contributed by atoms with van der Waals surface area (Å²) in [6.07, 6.45) is 0.443. The first kappa shape index (κ1) is 17.7. The molecule has 2 aliphatic rings. The van der Waals surface area contributed by atoms with E-state index in [9.17, 15) is 14.4 Å². The zero-order valence-corrected chi connectivity index (χ0v) is 14.1. The van der Waals surface area contributed by atoms with E-state index in [4.69, 9.17) is 10.5 Å². The summed E-state index contributed by atoms with van der Waals surface area (Å²) in [7, 11) is 1.67. The number of amides is 3. The van der Waals surface area contributed by atoms with E-state index in [-0.39, 0.29) is 11.8 Å². The lowest BCUT2D eigenvalue weighted by atomic mass is 9.84. The van der Waals surface area contributed by atoms with Gasteiger partial charge in [-0.1, -0.05) is 13.8 Å². The van der Waals surface area contributed by atoms with Crippen molar-refractivity contribution in [2.24, 2.45) is 11.1 Å². The monoisotopic (exact) mass is 326 g/mol. The zero-order valence-electron chi connectivity index (χ0n) is 14.1. The highest BCUT2D eigenvalue weighted by atomic mass is 16.5. The van der Waals surface area contributed by atoms with Crippen LogP contribution in [0.4, 0.5) is 0 Å². The summed E-state index contributed by atoms with van der Waals surface area (Å²) < 4.78 is 5.74. The van der Waals surface area contributed by atoms with Crippen LogP contribution in [0.25, 0.3) is 0 Å². The van der Waals surface area contributed by atoms with Gasteiger partial charge < -0.3 is 26.0 Å². The molecule has 130 valence electrons. The molecule has 23 heavy (non-hydrogen) atoms. The third-order valence-corrected chi connectivity index (χ3v) is 4.71. The lowest BCUT2D eigenvalue weighted by Crippen LogP contribution is -2.57. The lowest BCUT2D eigenvalue weighted by molar-refractivity contribution is -0.149. The van der Waals surface area contributed by atoms with Crippen LogP contribution in [-0.2, 0) is 19.1 Å². The first-order chi connectivity index (χ1) is 10.7. The number of nitrogens with two attached hydrogens (primary N) is 1. The molecule has 0 radical (unpaired) electrons. The smallest absolute Gasteiger partial charge is 0.247 e. The molecular weight excluding hydrogens is 300 g/mol. The molecule has 4 atom stereocenters. The molecule has 0 aromatic heterocycles.